The number of carbonyl (C=O) groups is 1. The van der Waals surface area contributed by atoms with Gasteiger partial charge in [-0.3, -0.25) is 4.79 Å². The van der Waals surface area contributed by atoms with Crippen molar-refractivity contribution in [3.8, 4) is 0 Å². The molecule has 0 spiro atoms. The minimum absolute atomic E-state index is 0.0288. The van der Waals surface area contributed by atoms with E-state index in [1.165, 1.54) is 5.56 Å². The van der Waals surface area contributed by atoms with E-state index in [0.29, 0.717) is 12.5 Å². The van der Waals surface area contributed by atoms with Crippen LogP contribution in [0.15, 0.2) is 42.7 Å². The van der Waals surface area contributed by atoms with Gasteiger partial charge in [-0.25, -0.2) is 9.97 Å². The largest absolute Gasteiger partial charge is 0.340 e. The highest BCUT2D eigenvalue weighted by molar-refractivity contribution is 5.93. The van der Waals surface area contributed by atoms with Gasteiger partial charge >= 0.3 is 0 Å². The lowest BCUT2D eigenvalue weighted by atomic mass is 9.97. The van der Waals surface area contributed by atoms with Gasteiger partial charge in [-0.05, 0) is 38.0 Å². The molecule has 0 bridgehead atoms. The fourth-order valence-electron chi connectivity index (χ4n) is 2.71. The Hall–Kier alpha value is -2.43. The summed E-state index contributed by atoms with van der Waals surface area (Å²) < 4.78 is 0. The van der Waals surface area contributed by atoms with Crippen molar-refractivity contribution in [2.45, 2.75) is 19.8 Å². The Kier molecular flexibility index (Phi) is 4.32. The lowest BCUT2D eigenvalue weighted by Crippen LogP contribution is -2.41. The van der Waals surface area contributed by atoms with Gasteiger partial charge in [0.2, 0.25) is 11.9 Å². The van der Waals surface area contributed by atoms with Crippen molar-refractivity contribution in [1.82, 2.24) is 9.97 Å². The second-order valence-electron chi connectivity index (χ2n) is 5.69. The van der Waals surface area contributed by atoms with E-state index in [1.807, 2.05) is 31.2 Å². The van der Waals surface area contributed by atoms with Gasteiger partial charge in [-0.1, -0.05) is 17.7 Å². The first-order valence-electron chi connectivity index (χ1n) is 7.62. The molecule has 0 unspecified atom stereocenters. The van der Waals surface area contributed by atoms with E-state index in [1.54, 1.807) is 18.5 Å². The first-order valence-corrected chi connectivity index (χ1v) is 7.62. The maximum atomic E-state index is 12.5. The van der Waals surface area contributed by atoms with Crippen molar-refractivity contribution in [2.24, 2.45) is 5.92 Å². The molecule has 1 aliphatic rings. The molecule has 114 valence electrons. The van der Waals surface area contributed by atoms with E-state index in [-0.39, 0.29) is 11.8 Å². The molecule has 5 heteroatoms. The minimum atomic E-state index is -0.0288. The van der Waals surface area contributed by atoms with Crippen LogP contribution in [-0.2, 0) is 4.79 Å². The van der Waals surface area contributed by atoms with Crippen LogP contribution in [0.25, 0.3) is 0 Å². The number of aromatic nitrogens is 2. The molecule has 5 nitrogen and oxygen atoms in total. The van der Waals surface area contributed by atoms with Crippen molar-refractivity contribution in [3.05, 3.63) is 48.3 Å². The van der Waals surface area contributed by atoms with E-state index in [4.69, 9.17) is 0 Å². The van der Waals surface area contributed by atoms with Crippen molar-refractivity contribution < 1.29 is 4.79 Å². The topological polar surface area (TPSA) is 58.1 Å². The molecule has 0 radical (unpaired) electrons. The van der Waals surface area contributed by atoms with Crippen LogP contribution in [0.5, 0.6) is 0 Å². The highest BCUT2D eigenvalue weighted by atomic mass is 16.1. The maximum absolute atomic E-state index is 12.5. The fraction of sp³-hybridized carbons (Fsp3) is 0.353. The Morgan fingerprint density at radius 1 is 1.23 bits per heavy atom. The van der Waals surface area contributed by atoms with E-state index in [0.717, 1.165) is 25.1 Å². The zero-order valence-corrected chi connectivity index (χ0v) is 12.7. The molecule has 0 aliphatic carbocycles. The number of amides is 1. The third-order valence-electron chi connectivity index (χ3n) is 3.95. The number of rotatable bonds is 3. The normalized spacial score (nSPS) is 18.0. The van der Waals surface area contributed by atoms with Crippen LogP contribution in [-0.4, -0.2) is 29.0 Å². The molecule has 1 fully saturated rings. The van der Waals surface area contributed by atoms with Crippen molar-refractivity contribution in [1.29, 1.82) is 0 Å². The SMILES string of the molecule is Cc1ccc(NC(=O)[C@H]2CCCN(c3ncccn3)C2)cc1. The molecular formula is C17H20N4O. The average Bonchev–Trinajstić information content (AvgIpc) is 2.58. The molecule has 0 saturated carbocycles. The molecule has 22 heavy (non-hydrogen) atoms. The van der Waals surface area contributed by atoms with Gasteiger partial charge in [0.25, 0.3) is 0 Å². The van der Waals surface area contributed by atoms with Gasteiger partial charge in [0.15, 0.2) is 0 Å². The number of nitrogens with zero attached hydrogens (tertiary/aromatic N) is 3. The van der Waals surface area contributed by atoms with Crippen LogP contribution in [0, 0.1) is 12.8 Å². The molecule has 1 amide bonds. The van der Waals surface area contributed by atoms with Gasteiger partial charge in [-0.2, -0.15) is 0 Å². The van der Waals surface area contributed by atoms with Crippen LogP contribution < -0.4 is 10.2 Å². The number of nitrogens with one attached hydrogen (secondary N) is 1. The predicted octanol–water partition coefficient (Wildman–Crippen LogP) is 2.64. The zero-order chi connectivity index (χ0) is 15.4. The third kappa shape index (κ3) is 3.42. The summed E-state index contributed by atoms with van der Waals surface area (Å²) in [6.07, 6.45) is 5.35. The molecule has 1 atom stereocenters. The smallest absolute Gasteiger partial charge is 0.229 e. The lowest BCUT2D eigenvalue weighted by Gasteiger charge is -2.31. The molecular weight excluding hydrogens is 276 g/mol. The van der Waals surface area contributed by atoms with Crippen LogP contribution in [0.4, 0.5) is 11.6 Å². The van der Waals surface area contributed by atoms with E-state index in [9.17, 15) is 4.79 Å². The quantitative estimate of drug-likeness (QED) is 0.946. The molecule has 3 rings (SSSR count). The summed E-state index contributed by atoms with van der Waals surface area (Å²) in [7, 11) is 0. The van der Waals surface area contributed by atoms with Gasteiger partial charge in [0, 0.05) is 31.2 Å². The molecule has 2 heterocycles. The van der Waals surface area contributed by atoms with Crippen LogP contribution in [0.1, 0.15) is 18.4 Å². The Morgan fingerprint density at radius 2 is 1.95 bits per heavy atom. The number of piperidine rings is 1. The van der Waals surface area contributed by atoms with Crippen molar-refractivity contribution in [3.63, 3.8) is 0 Å². The van der Waals surface area contributed by atoms with Gasteiger partial charge in [0.05, 0.1) is 5.92 Å². The van der Waals surface area contributed by atoms with Gasteiger partial charge < -0.3 is 10.2 Å². The number of carbonyl (C=O) groups excluding carboxylic acids is 1. The molecule has 1 N–H and O–H groups in total. The first kappa shape index (κ1) is 14.5. The monoisotopic (exact) mass is 296 g/mol. The molecule has 1 aromatic carbocycles. The van der Waals surface area contributed by atoms with Crippen LogP contribution >= 0.6 is 0 Å². The van der Waals surface area contributed by atoms with Crippen molar-refractivity contribution in [2.75, 3.05) is 23.3 Å². The summed E-state index contributed by atoms with van der Waals surface area (Å²) in [5.74, 6) is 0.749. The fourth-order valence-corrected chi connectivity index (χ4v) is 2.71. The zero-order valence-electron chi connectivity index (χ0n) is 12.7. The molecule has 1 aromatic heterocycles. The highest BCUT2D eigenvalue weighted by Gasteiger charge is 2.27. The Bertz CT molecular complexity index is 627. The number of hydrogen-bond acceptors (Lipinski definition) is 4. The maximum Gasteiger partial charge on any atom is 0.229 e. The van der Waals surface area contributed by atoms with E-state index < -0.39 is 0 Å². The van der Waals surface area contributed by atoms with Gasteiger partial charge in [0.1, 0.15) is 0 Å². The second-order valence-corrected chi connectivity index (χ2v) is 5.69. The average molecular weight is 296 g/mol. The van der Waals surface area contributed by atoms with E-state index in [2.05, 4.69) is 20.2 Å². The number of benzene rings is 1. The lowest BCUT2D eigenvalue weighted by molar-refractivity contribution is -0.120. The van der Waals surface area contributed by atoms with Crippen molar-refractivity contribution >= 4 is 17.5 Å². The third-order valence-corrected chi connectivity index (χ3v) is 3.95. The number of anilines is 2. The molecule has 2 aromatic rings. The standard InChI is InChI=1S/C17H20N4O/c1-13-5-7-15(8-6-13)20-16(22)14-4-2-11-21(12-14)17-18-9-3-10-19-17/h3,5-10,14H,2,4,11-12H2,1H3,(H,20,22)/t14-/m0/s1. The van der Waals surface area contributed by atoms with E-state index >= 15 is 0 Å². The highest BCUT2D eigenvalue weighted by Crippen LogP contribution is 2.21. The summed E-state index contributed by atoms with van der Waals surface area (Å²) in [6.45, 7) is 3.60. The predicted molar refractivity (Wildman–Crippen MR) is 86.8 cm³/mol. The Morgan fingerprint density at radius 3 is 2.68 bits per heavy atom. The Labute approximate surface area is 130 Å². The molecule has 1 aliphatic heterocycles. The van der Waals surface area contributed by atoms with Crippen LogP contribution in [0.2, 0.25) is 0 Å². The number of hydrogen-bond donors (Lipinski definition) is 1. The summed E-state index contributed by atoms with van der Waals surface area (Å²) in [5.41, 5.74) is 2.03. The minimum Gasteiger partial charge on any atom is -0.340 e. The summed E-state index contributed by atoms with van der Waals surface area (Å²) >= 11 is 0. The second kappa shape index (κ2) is 6.56. The molecule has 1 saturated heterocycles. The number of aryl methyl sites for hydroxylation is 1. The summed E-state index contributed by atoms with van der Waals surface area (Å²) in [6, 6.07) is 9.68. The summed E-state index contributed by atoms with van der Waals surface area (Å²) in [5, 5.41) is 3.00. The van der Waals surface area contributed by atoms with Gasteiger partial charge in [-0.15, -0.1) is 0 Å². The summed E-state index contributed by atoms with van der Waals surface area (Å²) in [4.78, 5) is 23.1. The van der Waals surface area contributed by atoms with Crippen LogP contribution in [0.3, 0.4) is 0 Å². The first-order chi connectivity index (χ1) is 10.7. The Balaban J connectivity index is 1.64.